The van der Waals surface area contributed by atoms with Crippen LogP contribution in [0.2, 0.25) is 0 Å². The van der Waals surface area contributed by atoms with Crippen LogP contribution in [0.5, 0.6) is 5.75 Å². The monoisotopic (exact) mass is 285 g/mol. The molecule has 2 rings (SSSR count). The molecule has 2 aromatic heterocycles. The fourth-order valence-corrected chi connectivity index (χ4v) is 1.84. The van der Waals surface area contributed by atoms with Gasteiger partial charge in [0, 0.05) is 25.0 Å². The summed E-state index contributed by atoms with van der Waals surface area (Å²) >= 11 is 0. The second-order valence-electron chi connectivity index (χ2n) is 4.78. The van der Waals surface area contributed by atoms with Gasteiger partial charge in [-0.05, 0) is 37.1 Å². The molecule has 0 aliphatic rings. The van der Waals surface area contributed by atoms with Gasteiger partial charge in [-0.3, -0.25) is 14.8 Å². The van der Waals surface area contributed by atoms with Crippen molar-refractivity contribution in [3.05, 3.63) is 54.6 Å². The number of pyridine rings is 2. The minimum absolute atomic E-state index is 0.0143. The molecule has 0 aromatic carbocycles. The number of nitrogens with zero attached hydrogens (tertiary/aromatic N) is 2. The van der Waals surface area contributed by atoms with E-state index in [9.17, 15) is 4.79 Å². The quantitative estimate of drug-likeness (QED) is 0.845. The van der Waals surface area contributed by atoms with Gasteiger partial charge in [-0.1, -0.05) is 6.07 Å². The Morgan fingerprint density at radius 3 is 2.67 bits per heavy atom. The van der Waals surface area contributed by atoms with E-state index in [4.69, 9.17) is 4.74 Å². The third-order valence-corrected chi connectivity index (χ3v) is 2.92. The van der Waals surface area contributed by atoms with E-state index in [0.29, 0.717) is 25.1 Å². The van der Waals surface area contributed by atoms with Crippen molar-refractivity contribution in [2.24, 2.45) is 0 Å². The number of amides is 1. The van der Waals surface area contributed by atoms with Gasteiger partial charge in [0.1, 0.15) is 11.9 Å². The molecule has 0 fully saturated rings. The lowest BCUT2D eigenvalue weighted by Crippen LogP contribution is -2.33. The first kappa shape index (κ1) is 15.0. The van der Waals surface area contributed by atoms with Crippen molar-refractivity contribution in [3.63, 3.8) is 0 Å². The van der Waals surface area contributed by atoms with Gasteiger partial charge in [0.15, 0.2) is 0 Å². The number of carbonyl (C=O) groups is 1. The Kier molecular flexibility index (Phi) is 5.70. The van der Waals surface area contributed by atoms with Crippen molar-refractivity contribution in [2.75, 3.05) is 6.54 Å². The normalized spacial score (nSPS) is 11.7. The van der Waals surface area contributed by atoms with Crippen LogP contribution in [0, 0.1) is 0 Å². The second kappa shape index (κ2) is 7.99. The molecule has 2 aromatic rings. The highest BCUT2D eigenvalue weighted by Gasteiger charge is 2.07. The molecule has 110 valence electrons. The van der Waals surface area contributed by atoms with E-state index in [2.05, 4.69) is 15.3 Å². The molecule has 2 heterocycles. The number of ether oxygens (including phenoxy) is 1. The predicted molar refractivity (Wildman–Crippen MR) is 79.9 cm³/mol. The number of nitrogens with one attached hydrogen (secondary N) is 1. The molecule has 5 nitrogen and oxygen atoms in total. The molecule has 1 amide bonds. The molecule has 1 atom stereocenters. The molecule has 21 heavy (non-hydrogen) atoms. The van der Waals surface area contributed by atoms with Crippen molar-refractivity contribution < 1.29 is 9.53 Å². The number of aryl methyl sites for hydroxylation is 1. The summed E-state index contributed by atoms with van der Waals surface area (Å²) in [6, 6.07) is 7.49. The summed E-state index contributed by atoms with van der Waals surface area (Å²) in [5.41, 5.74) is 1.06. The molecule has 0 saturated carbocycles. The minimum Gasteiger partial charge on any atom is -0.487 e. The van der Waals surface area contributed by atoms with E-state index in [-0.39, 0.29) is 12.0 Å². The maximum atomic E-state index is 11.8. The molecule has 0 saturated heterocycles. The first-order chi connectivity index (χ1) is 10.2. The Morgan fingerprint density at radius 1 is 1.24 bits per heavy atom. The number of aromatic nitrogens is 2. The summed E-state index contributed by atoms with van der Waals surface area (Å²) in [4.78, 5) is 19.8. The fraction of sp³-hybridized carbons (Fsp3) is 0.312. The van der Waals surface area contributed by atoms with E-state index in [1.165, 1.54) is 0 Å². The predicted octanol–water partition coefficient (Wildman–Crippen LogP) is 1.99. The van der Waals surface area contributed by atoms with Crippen LogP contribution < -0.4 is 10.1 Å². The zero-order chi connectivity index (χ0) is 14.9. The Labute approximate surface area is 124 Å². The summed E-state index contributed by atoms with van der Waals surface area (Å²) in [7, 11) is 0. The van der Waals surface area contributed by atoms with Gasteiger partial charge < -0.3 is 10.1 Å². The highest BCUT2D eigenvalue weighted by Crippen LogP contribution is 2.08. The minimum atomic E-state index is -0.100. The van der Waals surface area contributed by atoms with Gasteiger partial charge in [0.25, 0.3) is 0 Å². The average molecular weight is 285 g/mol. The fourth-order valence-electron chi connectivity index (χ4n) is 1.84. The van der Waals surface area contributed by atoms with Gasteiger partial charge in [-0.15, -0.1) is 0 Å². The van der Waals surface area contributed by atoms with Crippen LogP contribution in [0.1, 0.15) is 18.9 Å². The van der Waals surface area contributed by atoms with Crippen LogP contribution in [0.25, 0.3) is 0 Å². The first-order valence-electron chi connectivity index (χ1n) is 6.96. The Balaban J connectivity index is 1.66. The van der Waals surface area contributed by atoms with E-state index < -0.39 is 0 Å². The molecule has 0 aliphatic heterocycles. The van der Waals surface area contributed by atoms with Crippen molar-refractivity contribution in [3.8, 4) is 5.75 Å². The van der Waals surface area contributed by atoms with Crippen molar-refractivity contribution in [1.82, 2.24) is 15.3 Å². The number of hydrogen-bond acceptors (Lipinski definition) is 4. The molecule has 0 radical (unpaired) electrons. The molecular weight excluding hydrogens is 266 g/mol. The standard InChI is InChI=1S/C16H19N3O2/c1-13(21-15-5-3-9-18-12-15)10-19-16(20)7-6-14-4-2-8-17-11-14/h2-5,8-9,11-13H,6-7,10H2,1H3,(H,19,20). The molecule has 0 bridgehead atoms. The van der Waals surface area contributed by atoms with Gasteiger partial charge in [-0.2, -0.15) is 0 Å². The van der Waals surface area contributed by atoms with Crippen LogP contribution in [-0.4, -0.2) is 28.5 Å². The van der Waals surface area contributed by atoms with E-state index in [1.807, 2.05) is 31.2 Å². The summed E-state index contributed by atoms with van der Waals surface area (Å²) in [5.74, 6) is 0.718. The zero-order valence-corrected chi connectivity index (χ0v) is 12.0. The highest BCUT2D eigenvalue weighted by molar-refractivity contribution is 5.76. The number of carbonyl (C=O) groups excluding carboxylic acids is 1. The molecule has 1 unspecified atom stereocenters. The Hall–Kier alpha value is -2.43. The van der Waals surface area contributed by atoms with E-state index in [1.54, 1.807) is 24.8 Å². The SMILES string of the molecule is CC(CNC(=O)CCc1cccnc1)Oc1cccnc1. The van der Waals surface area contributed by atoms with Gasteiger partial charge >= 0.3 is 0 Å². The first-order valence-corrected chi connectivity index (χ1v) is 6.96. The van der Waals surface area contributed by atoms with Gasteiger partial charge in [-0.25, -0.2) is 0 Å². The second-order valence-corrected chi connectivity index (χ2v) is 4.78. The Bertz CT molecular complexity index is 546. The molecule has 0 aliphatic carbocycles. The molecule has 5 heteroatoms. The highest BCUT2D eigenvalue weighted by atomic mass is 16.5. The van der Waals surface area contributed by atoms with Crippen molar-refractivity contribution >= 4 is 5.91 Å². The summed E-state index contributed by atoms with van der Waals surface area (Å²) in [6.07, 6.45) is 7.89. The van der Waals surface area contributed by atoms with Crippen molar-refractivity contribution in [1.29, 1.82) is 0 Å². The summed E-state index contributed by atoms with van der Waals surface area (Å²) < 4.78 is 5.64. The van der Waals surface area contributed by atoms with Crippen molar-refractivity contribution in [2.45, 2.75) is 25.9 Å². The molecule has 1 N–H and O–H groups in total. The smallest absolute Gasteiger partial charge is 0.220 e. The zero-order valence-electron chi connectivity index (χ0n) is 12.0. The number of hydrogen-bond donors (Lipinski definition) is 1. The van der Waals surface area contributed by atoms with E-state index in [0.717, 1.165) is 5.56 Å². The summed E-state index contributed by atoms with van der Waals surface area (Å²) in [6.45, 7) is 2.38. The molecule has 0 spiro atoms. The lowest BCUT2D eigenvalue weighted by atomic mass is 10.1. The average Bonchev–Trinajstić information content (AvgIpc) is 2.53. The maximum Gasteiger partial charge on any atom is 0.220 e. The van der Waals surface area contributed by atoms with Crippen LogP contribution >= 0.6 is 0 Å². The third kappa shape index (κ3) is 5.60. The molecular formula is C16H19N3O2. The third-order valence-electron chi connectivity index (χ3n) is 2.92. The van der Waals surface area contributed by atoms with Gasteiger partial charge in [0.05, 0.1) is 12.7 Å². The van der Waals surface area contributed by atoms with Crippen LogP contribution in [0.15, 0.2) is 49.1 Å². The topological polar surface area (TPSA) is 64.1 Å². The number of rotatable bonds is 7. The van der Waals surface area contributed by atoms with Crippen LogP contribution in [0.4, 0.5) is 0 Å². The summed E-state index contributed by atoms with van der Waals surface area (Å²) in [5, 5.41) is 2.87. The van der Waals surface area contributed by atoms with Crippen LogP contribution in [-0.2, 0) is 11.2 Å². The van der Waals surface area contributed by atoms with E-state index >= 15 is 0 Å². The lowest BCUT2D eigenvalue weighted by Gasteiger charge is -2.15. The maximum absolute atomic E-state index is 11.8. The lowest BCUT2D eigenvalue weighted by molar-refractivity contribution is -0.121. The largest absolute Gasteiger partial charge is 0.487 e. The van der Waals surface area contributed by atoms with Crippen LogP contribution in [0.3, 0.4) is 0 Å². The van der Waals surface area contributed by atoms with Gasteiger partial charge in [0.2, 0.25) is 5.91 Å². The Morgan fingerprint density at radius 2 is 2.00 bits per heavy atom.